The summed E-state index contributed by atoms with van der Waals surface area (Å²) in [5.41, 5.74) is 1.20. The normalized spacial score (nSPS) is 10.7. The molecule has 2 aromatic rings. The van der Waals surface area contributed by atoms with Gasteiger partial charge in [-0.05, 0) is 32.4 Å². The van der Waals surface area contributed by atoms with E-state index in [4.69, 9.17) is 0 Å². The highest BCUT2D eigenvalue weighted by Gasteiger charge is 2.11. The number of aryl methyl sites for hydroxylation is 1. The van der Waals surface area contributed by atoms with E-state index in [1.54, 1.807) is 24.2 Å². The van der Waals surface area contributed by atoms with Crippen LogP contribution >= 0.6 is 23.5 Å². The molecule has 22 heavy (non-hydrogen) atoms. The minimum absolute atomic E-state index is 0.0116. The van der Waals surface area contributed by atoms with Crippen molar-refractivity contribution < 1.29 is 4.79 Å². The minimum atomic E-state index is 0.0116. The monoisotopic (exact) mass is 333 g/mol. The zero-order chi connectivity index (χ0) is 15.9. The van der Waals surface area contributed by atoms with Gasteiger partial charge in [0.15, 0.2) is 0 Å². The Labute approximate surface area is 139 Å². The lowest BCUT2D eigenvalue weighted by Crippen LogP contribution is -2.31. The van der Waals surface area contributed by atoms with Crippen molar-refractivity contribution in [2.75, 3.05) is 5.75 Å². The third kappa shape index (κ3) is 5.03. The molecular formula is C16H19N3OS2. The van der Waals surface area contributed by atoms with Gasteiger partial charge in [-0.2, -0.15) is 0 Å². The first kappa shape index (κ1) is 16.8. The van der Waals surface area contributed by atoms with E-state index in [9.17, 15) is 4.79 Å². The van der Waals surface area contributed by atoms with Crippen LogP contribution in [0.15, 0.2) is 51.6 Å². The van der Waals surface area contributed by atoms with Crippen LogP contribution in [-0.2, 0) is 4.79 Å². The molecule has 1 amide bonds. The third-order valence-electron chi connectivity index (χ3n) is 2.72. The highest BCUT2D eigenvalue weighted by atomic mass is 32.2. The van der Waals surface area contributed by atoms with Crippen LogP contribution in [0.5, 0.6) is 0 Å². The summed E-state index contributed by atoms with van der Waals surface area (Å²) in [5, 5.41) is 4.50. The second-order valence-corrected chi connectivity index (χ2v) is 7.04. The SMILES string of the molecule is Cc1ccccc1Sc1nccnc1SCC(=O)NC(C)C. The number of nitrogens with one attached hydrogen (secondary N) is 1. The van der Waals surface area contributed by atoms with Gasteiger partial charge in [-0.15, -0.1) is 0 Å². The maximum absolute atomic E-state index is 11.8. The number of hydrogen-bond acceptors (Lipinski definition) is 5. The van der Waals surface area contributed by atoms with Crippen molar-refractivity contribution in [3.05, 3.63) is 42.2 Å². The van der Waals surface area contributed by atoms with Gasteiger partial charge in [-0.3, -0.25) is 4.79 Å². The van der Waals surface area contributed by atoms with Gasteiger partial charge in [0.25, 0.3) is 0 Å². The molecule has 1 N–H and O–H groups in total. The molecule has 1 heterocycles. The summed E-state index contributed by atoms with van der Waals surface area (Å²) >= 11 is 3.00. The van der Waals surface area contributed by atoms with Gasteiger partial charge < -0.3 is 5.32 Å². The Bertz CT molecular complexity index is 647. The summed E-state index contributed by atoms with van der Waals surface area (Å²) in [4.78, 5) is 21.7. The van der Waals surface area contributed by atoms with Crippen molar-refractivity contribution in [1.82, 2.24) is 15.3 Å². The Morgan fingerprint density at radius 2 is 1.86 bits per heavy atom. The Hall–Kier alpha value is -1.53. The number of nitrogens with zero attached hydrogens (tertiary/aromatic N) is 2. The van der Waals surface area contributed by atoms with Crippen LogP contribution < -0.4 is 5.32 Å². The van der Waals surface area contributed by atoms with Crippen LogP contribution in [0, 0.1) is 6.92 Å². The molecule has 2 rings (SSSR count). The van der Waals surface area contributed by atoms with E-state index >= 15 is 0 Å². The molecule has 0 atom stereocenters. The fourth-order valence-corrected chi connectivity index (χ4v) is 3.56. The fraction of sp³-hybridized carbons (Fsp3) is 0.312. The van der Waals surface area contributed by atoms with Crippen molar-refractivity contribution in [2.24, 2.45) is 0 Å². The number of rotatable bonds is 6. The first-order valence-electron chi connectivity index (χ1n) is 7.03. The standard InChI is InChI=1S/C16H19N3OS2/c1-11(2)19-14(20)10-21-15-16(18-9-8-17-15)22-13-7-5-4-6-12(13)3/h4-9,11H,10H2,1-3H3,(H,19,20). The van der Waals surface area contributed by atoms with E-state index in [-0.39, 0.29) is 11.9 Å². The van der Waals surface area contributed by atoms with Gasteiger partial charge in [0.05, 0.1) is 5.75 Å². The molecule has 0 radical (unpaired) electrons. The van der Waals surface area contributed by atoms with Crippen LogP contribution in [0.2, 0.25) is 0 Å². The van der Waals surface area contributed by atoms with Crippen molar-refractivity contribution >= 4 is 29.4 Å². The smallest absolute Gasteiger partial charge is 0.230 e. The number of carbonyl (C=O) groups is 1. The number of hydrogen-bond donors (Lipinski definition) is 1. The highest BCUT2D eigenvalue weighted by molar-refractivity contribution is 8.02. The Balaban J connectivity index is 2.07. The molecule has 0 saturated heterocycles. The number of thioether (sulfide) groups is 1. The summed E-state index contributed by atoms with van der Waals surface area (Å²) in [6, 6.07) is 8.31. The largest absolute Gasteiger partial charge is 0.353 e. The highest BCUT2D eigenvalue weighted by Crippen LogP contribution is 2.33. The lowest BCUT2D eigenvalue weighted by molar-refractivity contribution is -0.119. The van der Waals surface area contributed by atoms with Crippen LogP contribution in [0.3, 0.4) is 0 Å². The van der Waals surface area contributed by atoms with Gasteiger partial charge in [-0.25, -0.2) is 9.97 Å². The summed E-state index contributed by atoms with van der Waals surface area (Å²) < 4.78 is 0. The quantitative estimate of drug-likeness (QED) is 0.819. The van der Waals surface area contributed by atoms with E-state index in [1.165, 1.54) is 17.3 Å². The first-order valence-corrected chi connectivity index (χ1v) is 8.83. The molecule has 116 valence electrons. The Kier molecular flexibility index (Phi) is 6.27. The van der Waals surface area contributed by atoms with E-state index < -0.39 is 0 Å². The molecular weight excluding hydrogens is 314 g/mol. The summed E-state index contributed by atoms with van der Waals surface area (Å²) in [6.45, 7) is 5.97. The van der Waals surface area contributed by atoms with E-state index in [1.807, 2.05) is 26.0 Å². The van der Waals surface area contributed by atoms with Crippen LogP contribution in [0.25, 0.3) is 0 Å². The average molecular weight is 333 g/mol. The van der Waals surface area contributed by atoms with Gasteiger partial charge >= 0.3 is 0 Å². The molecule has 0 aliphatic carbocycles. The zero-order valence-corrected chi connectivity index (χ0v) is 14.5. The van der Waals surface area contributed by atoms with Crippen molar-refractivity contribution in [3.63, 3.8) is 0 Å². The summed E-state index contributed by atoms with van der Waals surface area (Å²) in [5.74, 6) is 0.357. The van der Waals surface area contributed by atoms with Crippen molar-refractivity contribution in [3.8, 4) is 0 Å². The number of aromatic nitrogens is 2. The van der Waals surface area contributed by atoms with Crippen molar-refractivity contribution in [2.45, 2.75) is 41.8 Å². The van der Waals surface area contributed by atoms with Crippen LogP contribution in [0.1, 0.15) is 19.4 Å². The lowest BCUT2D eigenvalue weighted by Gasteiger charge is -2.10. The molecule has 4 nitrogen and oxygen atoms in total. The maximum atomic E-state index is 11.8. The molecule has 0 unspecified atom stereocenters. The fourth-order valence-electron chi connectivity index (χ4n) is 1.75. The molecule has 0 spiro atoms. The van der Waals surface area contributed by atoms with Gasteiger partial charge in [0, 0.05) is 23.3 Å². The van der Waals surface area contributed by atoms with Gasteiger partial charge in [0.1, 0.15) is 10.1 Å². The predicted octanol–water partition coefficient (Wildman–Crippen LogP) is 3.55. The second kappa shape index (κ2) is 8.19. The van der Waals surface area contributed by atoms with Crippen LogP contribution in [-0.4, -0.2) is 27.7 Å². The van der Waals surface area contributed by atoms with E-state index in [2.05, 4.69) is 34.3 Å². The Morgan fingerprint density at radius 3 is 2.55 bits per heavy atom. The van der Waals surface area contributed by atoms with Crippen LogP contribution in [0.4, 0.5) is 0 Å². The molecule has 0 aliphatic heterocycles. The molecule has 0 fully saturated rings. The summed E-state index contributed by atoms with van der Waals surface area (Å²) in [7, 11) is 0. The molecule has 0 aliphatic rings. The van der Waals surface area contributed by atoms with Gasteiger partial charge in [0.2, 0.25) is 5.91 Å². The second-order valence-electron chi connectivity index (χ2n) is 5.05. The number of benzene rings is 1. The molecule has 0 bridgehead atoms. The zero-order valence-electron chi connectivity index (χ0n) is 12.9. The molecule has 1 aromatic heterocycles. The number of amides is 1. The molecule has 1 aromatic carbocycles. The lowest BCUT2D eigenvalue weighted by atomic mass is 10.2. The molecule has 0 saturated carbocycles. The number of carbonyl (C=O) groups excluding carboxylic acids is 1. The maximum Gasteiger partial charge on any atom is 0.230 e. The third-order valence-corrected chi connectivity index (χ3v) is 5.00. The van der Waals surface area contributed by atoms with Crippen molar-refractivity contribution in [1.29, 1.82) is 0 Å². The average Bonchev–Trinajstić information content (AvgIpc) is 2.48. The predicted molar refractivity (Wildman–Crippen MR) is 91.3 cm³/mol. The van der Waals surface area contributed by atoms with Gasteiger partial charge in [-0.1, -0.05) is 41.7 Å². The minimum Gasteiger partial charge on any atom is -0.353 e. The summed E-state index contributed by atoms with van der Waals surface area (Å²) in [6.07, 6.45) is 3.34. The molecule has 6 heteroatoms. The topological polar surface area (TPSA) is 54.9 Å². The van der Waals surface area contributed by atoms with E-state index in [0.717, 1.165) is 14.9 Å². The Morgan fingerprint density at radius 1 is 1.18 bits per heavy atom. The first-order chi connectivity index (χ1) is 10.6. The van der Waals surface area contributed by atoms with E-state index in [0.29, 0.717) is 5.75 Å².